The molecule has 0 saturated carbocycles. The number of benzene rings is 2. The molecule has 12 heteroatoms. The molecule has 1 saturated heterocycles. The number of phenolic OH excluding ortho intramolecular Hbond substituents is 1. The number of hydrogen-bond acceptors (Lipinski definition) is 8. The molecule has 0 bridgehead atoms. The Morgan fingerprint density at radius 2 is 1.98 bits per heavy atom. The SMILES string of the molecule is CNN1C(Oc2cccc(-c3nccn3C)c2)=C(F)C(C2CCNCC2)=C(F)C1Oc1cc(C(=N)N)ccc1O. The molecule has 3 aromatic rings. The van der Waals surface area contributed by atoms with Crippen molar-refractivity contribution in [2.75, 3.05) is 20.1 Å². The summed E-state index contributed by atoms with van der Waals surface area (Å²) in [4.78, 5) is 4.36. The largest absolute Gasteiger partial charge is 0.504 e. The van der Waals surface area contributed by atoms with E-state index < -0.39 is 23.8 Å². The van der Waals surface area contributed by atoms with Gasteiger partial charge in [0.05, 0.1) is 0 Å². The Balaban J connectivity index is 1.57. The molecule has 3 heterocycles. The van der Waals surface area contributed by atoms with Crippen LogP contribution < -0.4 is 25.9 Å². The highest BCUT2D eigenvalue weighted by Gasteiger charge is 2.42. The summed E-state index contributed by atoms with van der Waals surface area (Å²) in [6, 6.07) is 11.1. The van der Waals surface area contributed by atoms with E-state index in [0.29, 0.717) is 37.5 Å². The quantitative estimate of drug-likeness (QED) is 0.212. The van der Waals surface area contributed by atoms with Gasteiger partial charge in [-0.2, -0.15) is 0 Å². The maximum atomic E-state index is 16.3. The molecule has 1 fully saturated rings. The van der Waals surface area contributed by atoms with Crippen molar-refractivity contribution in [3.05, 3.63) is 83.5 Å². The van der Waals surface area contributed by atoms with Crippen LogP contribution in [0.1, 0.15) is 18.4 Å². The molecule has 1 aromatic heterocycles. The molecule has 0 aliphatic carbocycles. The van der Waals surface area contributed by atoms with Crippen LogP contribution in [0.15, 0.2) is 78.0 Å². The third-order valence-electron chi connectivity index (χ3n) is 6.98. The Morgan fingerprint density at radius 3 is 2.65 bits per heavy atom. The van der Waals surface area contributed by atoms with Gasteiger partial charge in [0.25, 0.3) is 5.88 Å². The third-order valence-corrected chi connectivity index (χ3v) is 6.98. The van der Waals surface area contributed by atoms with Gasteiger partial charge >= 0.3 is 0 Å². The number of aromatic nitrogens is 2. The Morgan fingerprint density at radius 1 is 1.20 bits per heavy atom. The van der Waals surface area contributed by atoms with Crippen molar-refractivity contribution in [2.24, 2.45) is 18.7 Å². The number of imidazole rings is 1. The van der Waals surface area contributed by atoms with Crippen molar-refractivity contribution >= 4 is 5.84 Å². The van der Waals surface area contributed by atoms with Crippen LogP contribution in [0.3, 0.4) is 0 Å². The molecule has 1 atom stereocenters. The van der Waals surface area contributed by atoms with E-state index in [9.17, 15) is 5.11 Å². The number of hydrazine groups is 1. The molecular weight excluding hydrogens is 520 g/mol. The van der Waals surface area contributed by atoms with Crippen molar-refractivity contribution < 1.29 is 23.4 Å². The number of nitrogens with zero attached hydrogens (tertiary/aromatic N) is 3. The van der Waals surface area contributed by atoms with Crippen molar-refractivity contribution in [1.29, 1.82) is 5.41 Å². The van der Waals surface area contributed by atoms with Gasteiger partial charge < -0.3 is 30.2 Å². The smallest absolute Gasteiger partial charge is 0.250 e. The van der Waals surface area contributed by atoms with Gasteiger partial charge in [-0.3, -0.25) is 5.41 Å². The number of amidine groups is 1. The Bertz CT molecular complexity index is 1480. The van der Waals surface area contributed by atoms with Gasteiger partial charge in [-0.1, -0.05) is 12.1 Å². The first kappa shape index (κ1) is 27.2. The van der Waals surface area contributed by atoms with Gasteiger partial charge in [0.1, 0.15) is 17.4 Å². The number of halogens is 2. The average Bonchev–Trinajstić information content (AvgIpc) is 3.39. The predicted molar refractivity (Wildman–Crippen MR) is 146 cm³/mol. The summed E-state index contributed by atoms with van der Waals surface area (Å²) in [5.41, 5.74) is 9.26. The van der Waals surface area contributed by atoms with Gasteiger partial charge in [0.2, 0.25) is 6.23 Å². The first-order valence-electron chi connectivity index (χ1n) is 12.8. The lowest BCUT2D eigenvalue weighted by Gasteiger charge is -2.38. The number of aromatic hydroxyl groups is 1. The summed E-state index contributed by atoms with van der Waals surface area (Å²) in [5.74, 6) is -2.08. The molecule has 2 aromatic carbocycles. The summed E-state index contributed by atoms with van der Waals surface area (Å²) in [7, 11) is 3.34. The van der Waals surface area contributed by atoms with Crippen molar-refractivity contribution in [2.45, 2.75) is 19.1 Å². The molecule has 0 amide bonds. The summed E-state index contributed by atoms with van der Waals surface area (Å²) in [6.07, 6.45) is 3.00. The van der Waals surface area contributed by atoms with Gasteiger partial charge in [-0.25, -0.2) is 24.2 Å². The Labute approximate surface area is 230 Å². The molecular formula is C28H31F2N7O3. The van der Waals surface area contributed by atoms with E-state index in [0.717, 1.165) is 10.6 Å². The fourth-order valence-electron chi connectivity index (χ4n) is 4.93. The fourth-order valence-corrected chi connectivity index (χ4v) is 4.93. The molecule has 0 radical (unpaired) electrons. The number of phenols is 1. The van der Waals surface area contributed by atoms with Crippen LogP contribution in [0.4, 0.5) is 8.78 Å². The van der Waals surface area contributed by atoms with Crippen LogP contribution >= 0.6 is 0 Å². The minimum Gasteiger partial charge on any atom is -0.504 e. The number of nitrogens with two attached hydrogens (primary N) is 1. The number of nitrogen functional groups attached to an aromatic ring is 1. The molecule has 2 aliphatic heterocycles. The third kappa shape index (κ3) is 5.23. The molecule has 2 aliphatic rings. The van der Waals surface area contributed by atoms with Crippen molar-refractivity contribution in [1.82, 2.24) is 25.3 Å². The number of rotatable bonds is 8. The molecule has 0 spiro atoms. The molecule has 10 nitrogen and oxygen atoms in total. The lowest BCUT2D eigenvalue weighted by molar-refractivity contribution is -0.0105. The molecule has 210 valence electrons. The van der Waals surface area contributed by atoms with Crippen LogP contribution in [-0.2, 0) is 7.05 Å². The topological polar surface area (TPSA) is 134 Å². The number of piperidine rings is 1. The second-order valence-corrected chi connectivity index (χ2v) is 9.56. The van der Waals surface area contributed by atoms with Crippen LogP contribution in [0, 0.1) is 11.3 Å². The number of allylic oxidation sites excluding steroid dienone is 2. The normalized spacial score (nSPS) is 18.3. The zero-order valence-corrected chi connectivity index (χ0v) is 22.1. The predicted octanol–water partition coefficient (Wildman–Crippen LogP) is 3.67. The van der Waals surface area contributed by atoms with E-state index in [1.807, 2.05) is 23.9 Å². The highest BCUT2D eigenvalue weighted by Crippen LogP contribution is 2.42. The zero-order chi connectivity index (χ0) is 28.4. The number of nitrogens with one attached hydrogen (secondary N) is 3. The standard InChI is InChI=1S/C28H31F2N7O3/c1-33-37-27(39-19-5-3-4-18(14-19)26-35-12-13-36(26)2)23(29)22(16-8-10-34-11-9-16)24(30)28(37)40-21-15-17(25(31)32)6-7-20(21)38/h3-7,12-16,28,33-34,38H,8-11H2,1-2H3,(H3,31,32). The van der Waals surface area contributed by atoms with Gasteiger partial charge in [0.15, 0.2) is 23.2 Å². The molecule has 1 unspecified atom stereocenters. The van der Waals surface area contributed by atoms with Gasteiger partial charge in [-0.15, -0.1) is 0 Å². The number of hydrogen-bond donors (Lipinski definition) is 5. The van der Waals surface area contributed by atoms with Gasteiger partial charge in [0, 0.05) is 43.2 Å². The maximum Gasteiger partial charge on any atom is 0.250 e. The summed E-state index contributed by atoms with van der Waals surface area (Å²) < 4.78 is 46.4. The highest BCUT2D eigenvalue weighted by molar-refractivity contribution is 5.95. The van der Waals surface area contributed by atoms with Crippen LogP contribution in [0.2, 0.25) is 0 Å². The van der Waals surface area contributed by atoms with Gasteiger partial charge in [-0.05, 0) is 62.2 Å². The van der Waals surface area contributed by atoms with E-state index in [-0.39, 0.29) is 34.4 Å². The second-order valence-electron chi connectivity index (χ2n) is 9.56. The second kappa shape index (κ2) is 11.4. The van der Waals surface area contributed by atoms with Crippen LogP contribution in [0.25, 0.3) is 11.4 Å². The molecule has 40 heavy (non-hydrogen) atoms. The summed E-state index contributed by atoms with van der Waals surface area (Å²) in [6.45, 7) is 1.22. The van der Waals surface area contributed by atoms with Crippen LogP contribution in [0.5, 0.6) is 17.2 Å². The first-order chi connectivity index (χ1) is 19.3. The molecule has 5 rings (SSSR count). The average molecular weight is 552 g/mol. The highest BCUT2D eigenvalue weighted by atomic mass is 19.1. The zero-order valence-electron chi connectivity index (χ0n) is 22.1. The number of ether oxygens (including phenoxy) is 2. The monoisotopic (exact) mass is 551 g/mol. The number of aryl methyl sites for hydroxylation is 1. The first-order valence-corrected chi connectivity index (χ1v) is 12.8. The van der Waals surface area contributed by atoms with Crippen molar-refractivity contribution in [3.8, 4) is 28.6 Å². The minimum atomic E-state index is -1.53. The van der Waals surface area contributed by atoms with E-state index in [1.165, 1.54) is 25.2 Å². The maximum absolute atomic E-state index is 16.3. The lowest BCUT2D eigenvalue weighted by Crippen LogP contribution is -2.51. The van der Waals surface area contributed by atoms with E-state index >= 15 is 8.78 Å². The van der Waals surface area contributed by atoms with E-state index in [2.05, 4.69) is 15.7 Å². The van der Waals surface area contributed by atoms with E-state index in [4.69, 9.17) is 20.6 Å². The minimum absolute atomic E-state index is 0.129. The lowest BCUT2D eigenvalue weighted by atomic mass is 9.87. The fraction of sp³-hybridized carbons (Fsp3) is 0.286. The Hall–Kier alpha value is -4.42. The summed E-state index contributed by atoms with van der Waals surface area (Å²) in [5, 5.41) is 22.5. The Kier molecular flexibility index (Phi) is 7.71. The van der Waals surface area contributed by atoms with Crippen molar-refractivity contribution in [3.63, 3.8) is 0 Å². The molecule has 6 N–H and O–H groups in total. The summed E-state index contributed by atoms with van der Waals surface area (Å²) >= 11 is 0. The van der Waals surface area contributed by atoms with Crippen LogP contribution in [-0.4, -0.2) is 51.9 Å². The van der Waals surface area contributed by atoms with E-state index in [1.54, 1.807) is 24.4 Å².